The van der Waals surface area contributed by atoms with Crippen LogP contribution < -0.4 is 9.47 Å². The molecule has 220 valence electrons. The second-order valence-electron chi connectivity index (χ2n) is 9.07. The molecule has 1 saturated heterocycles. The maximum atomic E-state index is 14.8. The smallest absolute Gasteiger partial charge is 0.432 e. The fourth-order valence-electron chi connectivity index (χ4n) is 4.24. The van der Waals surface area contributed by atoms with E-state index < -0.39 is 75.8 Å². The molecule has 1 heterocycles. The average molecular weight is 592 g/mol. The molecule has 1 aliphatic heterocycles. The number of rotatable bonds is 9. The van der Waals surface area contributed by atoms with E-state index in [-0.39, 0.29) is 31.0 Å². The second kappa shape index (κ2) is 12.4. The maximum absolute atomic E-state index is 14.8. The first-order valence-electron chi connectivity index (χ1n) is 12.2. The van der Waals surface area contributed by atoms with Gasteiger partial charge in [-0.15, -0.1) is 0 Å². The second-order valence-corrected chi connectivity index (χ2v) is 9.07. The summed E-state index contributed by atoms with van der Waals surface area (Å²) in [6.07, 6.45) is -6.64. The molecule has 0 aliphatic carbocycles. The SMILES string of the molecule is CCCC1COC(c2cc(F)c(C(F)(F)Oc3ccc(-c4cc(F)c(OC=C(F)F)c(F)c4)c(F)c3)c(F)c2)OC1. The van der Waals surface area contributed by atoms with E-state index in [1.165, 1.54) is 0 Å². The van der Waals surface area contributed by atoms with Gasteiger partial charge in [0.25, 0.3) is 0 Å². The first-order chi connectivity index (χ1) is 19.4. The normalized spacial score (nSPS) is 17.3. The third kappa shape index (κ3) is 6.96. The van der Waals surface area contributed by atoms with Crippen molar-refractivity contribution in [1.82, 2.24) is 0 Å². The van der Waals surface area contributed by atoms with Crippen molar-refractivity contribution in [2.24, 2.45) is 5.92 Å². The lowest BCUT2D eigenvalue weighted by molar-refractivity contribution is -0.206. The molecule has 4 rings (SSSR count). The van der Waals surface area contributed by atoms with Crippen molar-refractivity contribution < 1.29 is 58.5 Å². The van der Waals surface area contributed by atoms with E-state index >= 15 is 0 Å². The minimum atomic E-state index is -4.61. The van der Waals surface area contributed by atoms with E-state index in [1.807, 2.05) is 6.92 Å². The Morgan fingerprint density at radius 2 is 1.49 bits per heavy atom. The number of hydrogen-bond acceptors (Lipinski definition) is 4. The fraction of sp³-hybridized carbons (Fsp3) is 0.286. The van der Waals surface area contributed by atoms with Crippen LogP contribution in [0.15, 0.2) is 54.8 Å². The summed E-state index contributed by atoms with van der Waals surface area (Å²) in [6, 6.07) is 4.37. The van der Waals surface area contributed by atoms with Gasteiger partial charge in [-0.2, -0.15) is 17.6 Å². The molecule has 0 amide bonds. The summed E-state index contributed by atoms with van der Waals surface area (Å²) in [7, 11) is 0. The van der Waals surface area contributed by atoms with Crippen LogP contribution in [0.25, 0.3) is 11.1 Å². The van der Waals surface area contributed by atoms with Crippen LogP contribution in [0, 0.1) is 35.0 Å². The lowest BCUT2D eigenvalue weighted by Gasteiger charge is -2.30. The van der Waals surface area contributed by atoms with Gasteiger partial charge in [0, 0.05) is 23.1 Å². The number of benzene rings is 3. The summed E-state index contributed by atoms with van der Waals surface area (Å²) in [5.74, 6) is -9.50. The van der Waals surface area contributed by atoms with Gasteiger partial charge >= 0.3 is 12.2 Å². The molecule has 3 aromatic rings. The molecular weight excluding hydrogens is 571 g/mol. The summed E-state index contributed by atoms with van der Waals surface area (Å²) >= 11 is 0. The summed E-state index contributed by atoms with van der Waals surface area (Å²) in [6.45, 7) is 2.50. The molecule has 41 heavy (non-hydrogen) atoms. The Kier molecular flexibility index (Phi) is 9.17. The molecule has 0 spiro atoms. The lowest BCUT2D eigenvalue weighted by Crippen LogP contribution is -2.28. The third-order valence-electron chi connectivity index (χ3n) is 6.05. The standard InChI is InChI=1S/C28H21F9O4/c1-2-3-14-11-39-27(40-12-14)16-8-20(30)25(21(31)9-16)28(36,37)41-17-4-5-18(19(29)10-17)15-6-22(32)26(23(33)7-15)38-13-24(34)35/h4-10,13-14,27H,2-3,11-12H2,1H3. The van der Waals surface area contributed by atoms with Crippen LogP contribution in [-0.4, -0.2) is 13.2 Å². The molecule has 0 bridgehead atoms. The van der Waals surface area contributed by atoms with Crippen LogP contribution in [0.2, 0.25) is 0 Å². The molecular formula is C28H21F9O4. The van der Waals surface area contributed by atoms with Gasteiger partial charge < -0.3 is 18.9 Å². The molecule has 0 unspecified atom stereocenters. The molecule has 4 nitrogen and oxygen atoms in total. The van der Waals surface area contributed by atoms with Gasteiger partial charge in [0.2, 0.25) is 0 Å². The average Bonchev–Trinajstić information content (AvgIpc) is 2.88. The summed E-state index contributed by atoms with van der Waals surface area (Å²) in [4.78, 5) is 0. The van der Waals surface area contributed by atoms with Crippen LogP contribution in [0.3, 0.4) is 0 Å². The Labute approximate surface area is 227 Å². The molecule has 0 aromatic heterocycles. The maximum Gasteiger partial charge on any atom is 0.432 e. The lowest BCUT2D eigenvalue weighted by atomic mass is 10.0. The van der Waals surface area contributed by atoms with Crippen molar-refractivity contribution in [3.05, 3.63) is 95.0 Å². The predicted octanol–water partition coefficient (Wildman–Crippen LogP) is 8.76. The zero-order valence-corrected chi connectivity index (χ0v) is 21.1. The van der Waals surface area contributed by atoms with E-state index in [9.17, 15) is 39.5 Å². The van der Waals surface area contributed by atoms with E-state index in [0.717, 1.165) is 25.0 Å². The van der Waals surface area contributed by atoms with Gasteiger partial charge in [-0.3, -0.25) is 0 Å². The molecule has 1 fully saturated rings. The van der Waals surface area contributed by atoms with E-state index in [4.69, 9.17) is 9.47 Å². The monoisotopic (exact) mass is 592 g/mol. The number of ether oxygens (including phenoxy) is 4. The van der Waals surface area contributed by atoms with Gasteiger partial charge in [0.05, 0.1) is 13.2 Å². The van der Waals surface area contributed by atoms with E-state index in [2.05, 4.69) is 9.47 Å². The summed E-state index contributed by atoms with van der Waals surface area (Å²) in [5, 5.41) is 0. The Balaban J connectivity index is 1.53. The topological polar surface area (TPSA) is 36.9 Å². The molecule has 13 heteroatoms. The Hall–Kier alpha value is -3.71. The highest BCUT2D eigenvalue weighted by atomic mass is 19.3. The van der Waals surface area contributed by atoms with Crippen molar-refractivity contribution in [2.75, 3.05) is 13.2 Å². The molecule has 0 atom stereocenters. The number of hydrogen-bond donors (Lipinski definition) is 0. The van der Waals surface area contributed by atoms with E-state index in [0.29, 0.717) is 30.3 Å². The molecule has 0 saturated carbocycles. The summed E-state index contributed by atoms with van der Waals surface area (Å²) < 4.78 is 146. The molecule has 1 aliphatic rings. The Morgan fingerprint density at radius 1 is 0.878 bits per heavy atom. The van der Waals surface area contributed by atoms with Crippen molar-refractivity contribution in [2.45, 2.75) is 32.2 Å². The van der Waals surface area contributed by atoms with Crippen molar-refractivity contribution in [3.8, 4) is 22.6 Å². The zero-order valence-electron chi connectivity index (χ0n) is 21.1. The molecule has 0 N–H and O–H groups in total. The number of halogens is 9. The quantitative estimate of drug-likeness (QED) is 0.184. The minimum Gasteiger partial charge on any atom is -0.453 e. The largest absolute Gasteiger partial charge is 0.453 e. The first kappa shape index (κ1) is 30.3. The highest BCUT2D eigenvalue weighted by Crippen LogP contribution is 2.39. The Bertz CT molecular complexity index is 1390. The zero-order chi connectivity index (χ0) is 29.9. The molecule has 0 radical (unpaired) electrons. The first-order valence-corrected chi connectivity index (χ1v) is 12.2. The van der Waals surface area contributed by atoms with Crippen molar-refractivity contribution in [1.29, 1.82) is 0 Å². The molecule has 3 aromatic carbocycles. The summed E-state index contributed by atoms with van der Waals surface area (Å²) in [5.41, 5.74) is -2.84. The number of alkyl halides is 2. The highest BCUT2D eigenvalue weighted by molar-refractivity contribution is 5.66. The predicted molar refractivity (Wildman–Crippen MR) is 127 cm³/mol. The highest BCUT2D eigenvalue weighted by Gasteiger charge is 2.42. The van der Waals surface area contributed by atoms with Gasteiger partial charge in [-0.05, 0) is 48.4 Å². The fourth-order valence-corrected chi connectivity index (χ4v) is 4.24. The minimum absolute atomic E-state index is 0.0944. The van der Waals surface area contributed by atoms with Gasteiger partial charge in [-0.25, -0.2) is 22.0 Å². The van der Waals surface area contributed by atoms with Crippen LogP contribution in [0.5, 0.6) is 11.5 Å². The van der Waals surface area contributed by atoms with Gasteiger partial charge in [0.15, 0.2) is 29.9 Å². The van der Waals surface area contributed by atoms with Gasteiger partial charge in [0.1, 0.15) is 28.8 Å². The third-order valence-corrected chi connectivity index (χ3v) is 6.05. The van der Waals surface area contributed by atoms with Crippen molar-refractivity contribution in [3.63, 3.8) is 0 Å². The van der Waals surface area contributed by atoms with E-state index in [1.54, 1.807) is 0 Å². The van der Waals surface area contributed by atoms with Crippen LogP contribution in [0.4, 0.5) is 39.5 Å². The van der Waals surface area contributed by atoms with Crippen molar-refractivity contribution >= 4 is 0 Å². The van der Waals surface area contributed by atoms with Crippen LogP contribution in [-0.2, 0) is 15.6 Å². The van der Waals surface area contributed by atoms with Crippen LogP contribution in [0.1, 0.15) is 37.2 Å². The van der Waals surface area contributed by atoms with Crippen LogP contribution >= 0.6 is 0 Å². The Morgan fingerprint density at radius 3 is 2.02 bits per heavy atom. The van der Waals surface area contributed by atoms with Gasteiger partial charge in [-0.1, -0.05) is 13.3 Å².